The summed E-state index contributed by atoms with van der Waals surface area (Å²) in [7, 11) is 4.92. The summed E-state index contributed by atoms with van der Waals surface area (Å²) in [5.41, 5.74) is 4.16. The number of rotatable bonds is 5. The van der Waals surface area contributed by atoms with Crippen molar-refractivity contribution in [3.63, 3.8) is 0 Å². The van der Waals surface area contributed by atoms with Gasteiger partial charge in [-0.2, -0.15) is 5.10 Å². The summed E-state index contributed by atoms with van der Waals surface area (Å²) >= 11 is 0. The highest BCUT2D eigenvalue weighted by atomic mass is 16.5. The Bertz CT molecular complexity index is 1130. The first kappa shape index (κ1) is 19.3. The predicted octanol–water partition coefficient (Wildman–Crippen LogP) is 4.95. The van der Waals surface area contributed by atoms with E-state index in [0.29, 0.717) is 11.5 Å². The number of ether oxygens (including phenoxy) is 4. The molecule has 0 aromatic heterocycles. The molecule has 0 amide bonds. The van der Waals surface area contributed by atoms with E-state index in [4.69, 9.17) is 24.0 Å². The van der Waals surface area contributed by atoms with E-state index in [1.165, 1.54) is 0 Å². The Kier molecular flexibility index (Phi) is 4.90. The first-order valence-corrected chi connectivity index (χ1v) is 10.2. The van der Waals surface area contributed by atoms with E-state index < -0.39 is 6.23 Å². The van der Waals surface area contributed by atoms with E-state index in [2.05, 4.69) is 18.2 Å². The smallest absolute Gasteiger partial charge is 0.214 e. The van der Waals surface area contributed by atoms with Crippen molar-refractivity contribution in [3.05, 3.63) is 83.4 Å². The first-order chi connectivity index (χ1) is 15.2. The minimum absolute atomic E-state index is 0.0483. The molecule has 3 aromatic carbocycles. The molecule has 0 fully saturated rings. The van der Waals surface area contributed by atoms with Crippen molar-refractivity contribution in [3.8, 4) is 23.0 Å². The van der Waals surface area contributed by atoms with E-state index in [9.17, 15) is 0 Å². The second-order valence-electron chi connectivity index (χ2n) is 7.48. The second-order valence-corrected chi connectivity index (χ2v) is 7.48. The highest BCUT2D eigenvalue weighted by Gasteiger charge is 2.42. The van der Waals surface area contributed by atoms with Crippen LogP contribution >= 0.6 is 0 Å². The third kappa shape index (κ3) is 3.24. The molecule has 2 heterocycles. The summed E-state index contributed by atoms with van der Waals surface area (Å²) in [5.74, 6) is 2.80. The molecule has 6 heteroatoms. The quantitative estimate of drug-likeness (QED) is 0.589. The van der Waals surface area contributed by atoms with Crippen molar-refractivity contribution in [1.82, 2.24) is 5.01 Å². The van der Waals surface area contributed by atoms with Gasteiger partial charge in [-0.1, -0.05) is 42.5 Å². The van der Waals surface area contributed by atoms with E-state index in [1.54, 1.807) is 21.3 Å². The number of hydrogen-bond donors (Lipinski definition) is 0. The van der Waals surface area contributed by atoms with Gasteiger partial charge in [-0.15, -0.1) is 0 Å². The van der Waals surface area contributed by atoms with Crippen LogP contribution in [0.5, 0.6) is 23.0 Å². The van der Waals surface area contributed by atoms with Crippen LogP contribution in [0.4, 0.5) is 0 Å². The summed E-state index contributed by atoms with van der Waals surface area (Å²) in [4.78, 5) is 0. The molecule has 0 spiro atoms. The minimum Gasteiger partial charge on any atom is -0.493 e. The Balaban J connectivity index is 1.62. The minimum atomic E-state index is -0.421. The molecule has 0 saturated heterocycles. The molecule has 5 rings (SSSR count). The molecule has 6 nitrogen and oxygen atoms in total. The van der Waals surface area contributed by atoms with Crippen LogP contribution in [0.1, 0.15) is 35.4 Å². The Morgan fingerprint density at radius 1 is 0.839 bits per heavy atom. The lowest BCUT2D eigenvalue weighted by Gasteiger charge is -2.38. The lowest BCUT2D eigenvalue weighted by atomic mass is 9.95. The van der Waals surface area contributed by atoms with Crippen molar-refractivity contribution in [2.75, 3.05) is 21.3 Å². The molecular formula is C25H24N2O4. The molecule has 2 atom stereocenters. The number of methoxy groups -OCH3 is 3. The third-order valence-electron chi connectivity index (χ3n) is 5.80. The van der Waals surface area contributed by atoms with Crippen molar-refractivity contribution in [1.29, 1.82) is 0 Å². The molecule has 0 aliphatic carbocycles. The van der Waals surface area contributed by atoms with Gasteiger partial charge in [0.05, 0.1) is 33.1 Å². The van der Waals surface area contributed by atoms with Crippen LogP contribution < -0.4 is 18.9 Å². The monoisotopic (exact) mass is 416 g/mol. The van der Waals surface area contributed by atoms with Gasteiger partial charge in [0.2, 0.25) is 6.23 Å². The number of nitrogens with zero attached hydrogens (tertiary/aromatic N) is 2. The van der Waals surface area contributed by atoms with E-state index >= 15 is 0 Å². The van der Waals surface area contributed by atoms with Crippen LogP contribution in [0.15, 0.2) is 71.8 Å². The fourth-order valence-corrected chi connectivity index (χ4v) is 4.28. The van der Waals surface area contributed by atoms with Crippen LogP contribution in [0.2, 0.25) is 0 Å². The van der Waals surface area contributed by atoms with Crippen molar-refractivity contribution < 1.29 is 18.9 Å². The molecular weight excluding hydrogens is 392 g/mol. The van der Waals surface area contributed by atoms with E-state index in [0.717, 1.165) is 40.3 Å². The van der Waals surface area contributed by atoms with Gasteiger partial charge in [-0.3, -0.25) is 0 Å². The van der Waals surface area contributed by atoms with E-state index in [-0.39, 0.29) is 6.04 Å². The van der Waals surface area contributed by atoms with Crippen LogP contribution in [0, 0.1) is 0 Å². The Morgan fingerprint density at radius 3 is 2.35 bits per heavy atom. The van der Waals surface area contributed by atoms with Crippen LogP contribution in [0.3, 0.4) is 0 Å². The fourth-order valence-electron chi connectivity index (χ4n) is 4.28. The zero-order chi connectivity index (χ0) is 21.4. The number of hydrogen-bond acceptors (Lipinski definition) is 6. The fraction of sp³-hybridized carbons (Fsp3) is 0.240. The summed E-state index contributed by atoms with van der Waals surface area (Å²) in [6.45, 7) is 0. The largest absolute Gasteiger partial charge is 0.493 e. The van der Waals surface area contributed by atoms with E-state index in [1.807, 2.05) is 53.5 Å². The molecule has 31 heavy (non-hydrogen) atoms. The van der Waals surface area contributed by atoms with Gasteiger partial charge in [0.1, 0.15) is 0 Å². The Morgan fingerprint density at radius 2 is 1.61 bits per heavy atom. The number of fused-ring (bicyclic) bond motifs is 3. The number of benzene rings is 3. The van der Waals surface area contributed by atoms with Gasteiger partial charge >= 0.3 is 0 Å². The molecule has 2 unspecified atom stereocenters. The molecule has 0 radical (unpaired) electrons. The van der Waals surface area contributed by atoms with Crippen LogP contribution in [-0.2, 0) is 0 Å². The van der Waals surface area contributed by atoms with Crippen LogP contribution in [0.25, 0.3) is 0 Å². The average Bonchev–Trinajstić information content (AvgIpc) is 3.29. The second kappa shape index (κ2) is 7.87. The standard InChI is InChI=1S/C25H24N2O4/c1-28-21-13-12-17(14-23(21)30-3)25-27-20(15-19(26-27)16-8-5-4-6-9-16)18-10-7-11-22(29-2)24(18)31-25/h4-14,20,25H,15H2,1-3H3. The van der Waals surface area contributed by atoms with Gasteiger partial charge < -0.3 is 18.9 Å². The van der Waals surface area contributed by atoms with Crippen LogP contribution in [-0.4, -0.2) is 32.0 Å². The van der Waals surface area contributed by atoms with Crippen molar-refractivity contribution in [2.45, 2.75) is 18.7 Å². The molecule has 2 aliphatic heterocycles. The van der Waals surface area contributed by atoms with Gasteiger partial charge in [0.25, 0.3) is 0 Å². The number of para-hydroxylation sites is 1. The van der Waals surface area contributed by atoms with Crippen molar-refractivity contribution >= 4 is 5.71 Å². The lowest BCUT2D eigenvalue weighted by molar-refractivity contribution is -0.0210. The maximum Gasteiger partial charge on any atom is 0.214 e. The molecule has 2 aliphatic rings. The Labute approximate surface area is 181 Å². The highest BCUT2D eigenvalue weighted by molar-refractivity contribution is 6.01. The maximum absolute atomic E-state index is 6.51. The molecule has 158 valence electrons. The maximum atomic E-state index is 6.51. The van der Waals surface area contributed by atoms with Gasteiger partial charge in [-0.05, 0) is 29.8 Å². The molecule has 0 N–H and O–H groups in total. The van der Waals surface area contributed by atoms with Gasteiger partial charge in [0.15, 0.2) is 23.0 Å². The first-order valence-electron chi connectivity index (χ1n) is 10.2. The zero-order valence-electron chi connectivity index (χ0n) is 17.7. The molecule has 0 saturated carbocycles. The SMILES string of the molecule is COc1ccc(C2Oc3c(OC)cccc3C3CC(c4ccccc4)=NN32)cc1OC. The summed E-state index contributed by atoms with van der Waals surface area (Å²) in [5, 5.41) is 7.05. The summed E-state index contributed by atoms with van der Waals surface area (Å²) in [6.07, 6.45) is 0.368. The summed E-state index contributed by atoms with van der Waals surface area (Å²) < 4.78 is 23.1. The topological polar surface area (TPSA) is 52.5 Å². The normalized spacial score (nSPS) is 19.1. The van der Waals surface area contributed by atoms with Gasteiger partial charge in [0, 0.05) is 17.5 Å². The average molecular weight is 416 g/mol. The Hall–Kier alpha value is -3.67. The third-order valence-corrected chi connectivity index (χ3v) is 5.80. The van der Waals surface area contributed by atoms with Gasteiger partial charge in [-0.25, -0.2) is 5.01 Å². The number of hydrazone groups is 1. The molecule has 0 bridgehead atoms. The predicted molar refractivity (Wildman–Crippen MR) is 118 cm³/mol. The highest BCUT2D eigenvalue weighted by Crippen LogP contribution is 2.51. The zero-order valence-corrected chi connectivity index (χ0v) is 17.7. The lowest BCUT2D eigenvalue weighted by Crippen LogP contribution is -2.33. The summed E-state index contributed by atoms with van der Waals surface area (Å²) in [6, 6.07) is 22.1. The molecule has 3 aromatic rings. The van der Waals surface area contributed by atoms with Crippen molar-refractivity contribution in [2.24, 2.45) is 5.10 Å².